The number of benzene rings is 2. The van der Waals surface area contributed by atoms with Gasteiger partial charge < -0.3 is 20.7 Å². The number of nitrogens with one attached hydrogen (secondary N) is 1. The lowest BCUT2D eigenvalue weighted by atomic mass is 9.90. The van der Waals surface area contributed by atoms with E-state index in [-0.39, 0.29) is 73.4 Å². The zero-order valence-corrected chi connectivity index (χ0v) is 26.2. The standard InChI is InChI=1S/C34H31F4N7OS/c1-15-9-22-21-6-3-17(41-21)13-45(22)32-26-23(15)27(37)25(18-4-5-20(36)30-24(18)19(11-39)31(40)47-30)28(38)29(26)42-33(43-32)46-14-34-7-2-8-44(34)12-16(35)10-34/h4-5,16-17,21-22,41H,1-3,6-10,12-14,40H2/t16-,17-,21+,22-,34+/m1/s1. The molecular weight excluding hydrogens is 630 g/mol. The van der Waals surface area contributed by atoms with E-state index in [0.717, 1.165) is 49.6 Å². The molecule has 5 atom stereocenters. The molecule has 2 aromatic heterocycles. The molecule has 242 valence electrons. The summed E-state index contributed by atoms with van der Waals surface area (Å²) in [6.45, 7) is 6.15. The number of hydrogen-bond acceptors (Lipinski definition) is 9. The zero-order chi connectivity index (χ0) is 32.4. The molecule has 7 heterocycles. The van der Waals surface area contributed by atoms with Crippen molar-refractivity contribution >= 4 is 48.7 Å². The van der Waals surface area contributed by atoms with Crippen molar-refractivity contribution in [3.05, 3.63) is 47.3 Å². The highest BCUT2D eigenvalue weighted by atomic mass is 32.1. The van der Waals surface area contributed by atoms with Crippen LogP contribution in [-0.2, 0) is 0 Å². The number of anilines is 2. The molecule has 0 unspecified atom stereocenters. The number of nitrogen functional groups attached to an aromatic ring is 1. The van der Waals surface area contributed by atoms with Crippen molar-refractivity contribution in [1.29, 1.82) is 5.26 Å². The van der Waals surface area contributed by atoms with Gasteiger partial charge in [-0.3, -0.25) is 4.90 Å². The largest absolute Gasteiger partial charge is 0.461 e. The number of alkyl halides is 1. The quantitative estimate of drug-likeness (QED) is 0.255. The van der Waals surface area contributed by atoms with Crippen molar-refractivity contribution in [2.75, 3.05) is 36.9 Å². The van der Waals surface area contributed by atoms with E-state index in [1.165, 1.54) is 6.07 Å². The Labute approximate surface area is 271 Å². The van der Waals surface area contributed by atoms with Crippen LogP contribution in [0.2, 0.25) is 0 Å². The molecule has 0 radical (unpaired) electrons. The average molecular weight is 662 g/mol. The van der Waals surface area contributed by atoms with E-state index >= 15 is 8.78 Å². The third-order valence-electron chi connectivity index (χ3n) is 11.1. The number of rotatable bonds is 4. The lowest BCUT2D eigenvalue weighted by Crippen LogP contribution is -2.58. The van der Waals surface area contributed by atoms with Crippen LogP contribution in [0, 0.1) is 28.8 Å². The summed E-state index contributed by atoms with van der Waals surface area (Å²) >= 11 is 0.858. The fourth-order valence-corrected chi connectivity index (χ4v) is 9.95. The Balaban J connectivity index is 1.29. The SMILES string of the molecule is C=C1C[C@@H]2[C@@H]3CC[C@H](CN2c2nc(OC[C@@]45CCCN4C[C@H](F)C5)nc4c(F)c(-c5ccc(F)c6sc(N)c(C#N)c56)c(F)c1c24)N3. The maximum absolute atomic E-state index is 17.1. The smallest absolute Gasteiger partial charge is 0.319 e. The Morgan fingerprint density at radius 2 is 2.00 bits per heavy atom. The predicted octanol–water partition coefficient (Wildman–Crippen LogP) is 6.06. The van der Waals surface area contributed by atoms with Gasteiger partial charge in [0.2, 0.25) is 0 Å². The Hall–Kier alpha value is -3.99. The van der Waals surface area contributed by atoms with E-state index in [9.17, 15) is 14.0 Å². The Morgan fingerprint density at radius 1 is 1.15 bits per heavy atom. The van der Waals surface area contributed by atoms with Gasteiger partial charge >= 0.3 is 6.01 Å². The van der Waals surface area contributed by atoms with E-state index < -0.39 is 34.7 Å². The highest BCUT2D eigenvalue weighted by Gasteiger charge is 2.50. The van der Waals surface area contributed by atoms with Gasteiger partial charge in [-0.05, 0) is 55.9 Å². The molecule has 5 aliphatic rings. The summed E-state index contributed by atoms with van der Waals surface area (Å²) in [7, 11) is 0. The number of aromatic nitrogens is 2. The molecule has 0 spiro atoms. The second kappa shape index (κ2) is 10.3. The summed E-state index contributed by atoms with van der Waals surface area (Å²) in [5, 5.41) is 13.9. The van der Waals surface area contributed by atoms with E-state index in [2.05, 4.69) is 26.7 Å². The number of ether oxygens (including phenoxy) is 1. The van der Waals surface area contributed by atoms with Gasteiger partial charge in [-0.2, -0.15) is 15.2 Å². The average Bonchev–Trinajstić information content (AvgIpc) is 3.77. The van der Waals surface area contributed by atoms with Crippen LogP contribution in [-0.4, -0.2) is 70.9 Å². The summed E-state index contributed by atoms with van der Waals surface area (Å²) in [6, 6.07) is 4.50. The molecule has 5 aliphatic heterocycles. The van der Waals surface area contributed by atoms with Crippen LogP contribution in [0.5, 0.6) is 6.01 Å². The van der Waals surface area contributed by atoms with Crippen LogP contribution in [0.3, 0.4) is 0 Å². The molecule has 2 aromatic carbocycles. The maximum atomic E-state index is 17.1. The fourth-order valence-electron chi connectivity index (χ4n) is 9.00. The summed E-state index contributed by atoms with van der Waals surface area (Å²) in [6.07, 6.45) is 3.40. The first-order valence-corrected chi connectivity index (χ1v) is 16.9. The molecule has 2 bridgehead atoms. The van der Waals surface area contributed by atoms with Gasteiger partial charge in [-0.1, -0.05) is 12.6 Å². The lowest BCUT2D eigenvalue weighted by Gasteiger charge is -2.41. The van der Waals surface area contributed by atoms with Crippen molar-refractivity contribution in [1.82, 2.24) is 20.2 Å². The molecule has 47 heavy (non-hydrogen) atoms. The second-order valence-electron chi connectivity index (χ2n) is 13.6. The topological polar surface area (TPSA) is 103 Å². The molecular formula is C34H31F4N7OS. The van der Waals surface area contributed by atoms with Crippen molar-refractivity contribution < 1.29 is 22.3 Å². The molecule has 13 heteroatoms. The minimum atomic E-state index is -0.981. The Bertz CT molecular complexity index is 2080. The van der Waals surface area contributed by atoms with E-state index in [0.29, 0.717) is 37.3 Å². The fraction of sp³-hybridized carbons (Fsp3) is 0.441. The number of piperazine rings is 1. The van der Waals surface area contributed by atoms with Gasteiger partial charge in [0.1, 0.15) is 46.8 Å². The number of nitriles is 1. The molecule has 0 amide bonds. The van der Waals surface area contributed by atoms with E-state index in [1.54, 1.807) is 0 Å². The second-order valence-corrected chi connectivity index (χ2v) is 14.7. The number of halogens is 4. The van der Waals surface area contributed by atoms with Crippen LogP contribution in [0.25, 0.3) is 37.7 Å². The normalized spacial score (nSPS) is 28.1. The van der Waals surface area contributed by atoms with Gasteiger partial charge in [0.05, 0.1) is 26.8 Å². The molecule has 0 aliphatic carbocycles. The Kier molecular flexibility index (Phi) is 6.36. The highest BCUT2D eigenvalue weighted by molar-refractivity contribution is 7.23. The molecule has 4 aromatic rings. The highest BCUT2D eigenvalue weighted by Crippen LogP contribution is 2.50. The van der Waals surface area contributed by atoms with Crippen molar-refractivity contribution in [3.63, 3.8) is 0 Å². The number of hydrogen-bond donors (Lipinski definition) is 2. The van der Waals surface area contributed by atoms with Crippen molar-refractivity contribution in [3.8, 4) is 23.2 Å². The first-order chi connectivity index (χ1) is 22.7. The van der Waals surface area contributed by atoms with Crippen molar-refractivity contribution in [2.24, 2.45) is 0 Å². The number of nitrogens with zero attached hydrogens (tertiary/aromatic N) is 5. The maximum Gasteiger partial charge on any atom is 0.319 e. The zero-order valence-electron chi connectivity index (χ0n) is 25.4. The Morgan fingerprint density at radius 3 is 2.83 bits per heavy atom. The molecule has 9 rings (SSSR count). The minimum absolute atomic E-state index is 0.00222. The van der Waals surface area contributed by atoms with Crippen LogP contribution in [0.1, 0.15) is 49.7 Å². The van der Waals surface area contributed by atoms with Gasteiger partial charge in [0.25, 0.3) is 0 Å². The summed E-state index contributed by atoms with van der Waals surface area (Å²) in [4.78, 5) is 13.7. The number of nitrogens with two attached hydrogens (primary N) is 1. The molecule has 0 saturated carbocycles. The molecule has 8 nitrogen and oxygen atoms in total. The predicted molar refractivity (Wildman–Crippen MR) is 173 cm³/mol. The third kappa shape index (κ3) is 4.10. The summed E-state index contributed by atoms with van der Waals surface area (Å²) < 4.78 is 70.1. The van der Waals surface area contributed by atoms with Crippen LogP contribution in [0.4, 0.5) is 28.4 Å². The monoisotopic (exact) mass is 661 g/mol. The van der Waals surface area contributed by atoms with Crippen LogP contribution < -0.4 is 20.7 Å². The summed E-state index contributed by atoms with van der Waals surface area (Å²) in [5.41, 5.74) is 5.51. The molecule has 4 fully saturated rings. The molecule has 3 N–H and O–H groups in total. The van der Waals surface area contributed by atoms with Gasteiger partial charge in [-0.25, -0.2) is 17.6 Å². The first kappa shape index (κ1) is 29.2. The van der Waals surface area contributed by atoms with Crippen LogP contribution >= 0.6 is 11.3 Å². The number of fused-ring (bicyclic) bond motifs is 7. The first-order valence-electron chi connectivity index (χ1n) is 16.0. The lowest BCUT2D eigenvalue weighted by molar-refractivity contribution is 0.107. The molecule has 4 saturated heterocycles. The number of thiophene rings is 1. The van der Waals surface area contributed by atoms with E-state index in [4.69, 9.17) is 15.5 Å². The van der Waals surface area contributed by atoms with Gasteiger partial charge in [0, 0.05) is 48.6 Å². The summed E-state index contributed by atoms with van der Waals surface area (Å²) in [5.74, 6) is -2.12. The van der Waals surface area contributed by atoms with Crippen LogP contribution in [0.15, 0.2) is 18.7 Å². The van der Waals surface area contributed by atoms with E-state index in [1.807, 2.05) is 6.07 Å². The third-order valence-corrected chi connectivity index (χ3v) is 12.1. The van der Waals surface area contributed by atoms with Crippen molar-refractivity contribution in [2.45, 2.75) is 68.4 Å². The minimum Gasteiger partial charge on any atom is -0.461 e. The van der Waals surface area contributed by atoms with Gasteiger partial charge in [-0.15, -0.1) is 11.3 Å². The van der Waals surface area contributed by atoms with Gasteiger partial charge in [0.15, 0.2) is 5.82 Å².